The Morgan fingerprint density at radius 1 is 1.59 bits per heavy atom. The molecule has 0 spiro atoms. The van der Waals surface area contributed by atoms with Crippen molar-refractivity contribution in [3.63, 3.8) is 0 Å². The van der Waals surface area contributed by atoms with Crippen LogP contribution in [0.25, 0.3) is 0 Å². The number of cyclic esters (lactones) is 1. The summed E-state index contributed by atoms with van der Waals surface area (Å²) in [6, 6.07) is 3.93. The molecule has 1 aliphatic carbocycles. The van der Waals surface area contributed by atoms with E-state index in [-0.39, 0.29) is 11.4 Å². The molecule has 1 aliphatic heterocycles. The Labute approximate surface area is 101 Å². The lowest BCUT2D eigenvalue weighted by molar-refractivity contribution is -0.146. The topological polar surface area (TPSA) is 39.2 Å². The van der Waals surface area contributed by atoms with Crippen LogP contribution in [0.1, 0.15) is 18.4 Å². The minimum Gasteiger partial charge on any atom is -0.465 e. The molecular formula is C14H15NO2. The Hall–Kier alpha value is -1.64. The van der Waals surface area contributed by atoms with Crippen molar-refractivity contribution in [2.24, 2.45) is 11.3 Å². The number of aromatic nitrogens is 1. The van der Waals surface area contributed by atoms with Gasteiger partial charge >= 0.3 is 5.97 Å². The first-order chi connectivity index (χ1) is 8.21. The smallest absolute Gasteiger partial charge is 0.313 e. The van der Waals surface area contributed by atoms with Crippen molar-refractivity contribution >= 4 is 5.97 Å². The van der Waals surface area contributed by atoms with Gasteiger partial charge in [0.15, 0.2) is 0 Å². The molecule has 1 saturated heterocycles. The van der Waals surface area contributed by atoms with Gasteiger partial charge in [-0.1, -0.05) is 18.2 Å². The van der Waals surface area contributed by atoms with Crippen molar-refractivity contribution in [3.05, 3.63) is 42.2 Å². The quantitative estimate of drug-likeness (QED) is 0.576. The Kier molecular flexibility index (Phi) is 2.28. The third kappa shape index (κ3) is 1.57. The first-order valence-corrected chi connectivity index (χ1v) is 5.93. The predicted molar refractivity (Wildman–Crippen MR) is 63.2 cm³/mol. The van der Waals surface area contributed by atoms with E-state index >= 15 is 0 Å². The molecule has 2 unspecified atom stereocenters. The van der Waals surface area contributed by atoms with Gasteiger partial charge in [0.25, 0.3) is 0 Å². The van der Waals surface area contributed by atoms with Crippen LogP contribution >= 0.6 is 0 Å². The van der Waals surface area contributed by atoms with Crippen molar-refractivity contribution in [1.82, 2.24) is 4.98 Å². The Balaban J connectivity index is 1.93. The molecular weight excluding hydrogens is 214 g/mol. The van der Waals surface area contributed by atoms with Crippen molar-refractivity contribution in [2.75, 3.05) is 6.61 Å². The Morgan fingerprint density at radius 3 is 3.24 bits per heavy atom. The van der Waals surface area contributed by atoms with Crippen LogP contribution in [0.2, 0.25) is 0 Å². The van der Waals surface area contributed by atoms with Crippen LogP contribution in [0.4, 0.5) is 0 Å². The zero-order chi connectivity index (χ0) is 11.9. The van der Waals surface area contributed by atoms with Crippen molar-refractivity contribution in [2.45, 2.75) is 19.3 Å². The molecule has 2 heterocycles. The van der Waals surface area contributed by atoms with E-state index in [0.717, 1.165) is 24.8 Å². The molecule has 1 aromatic heterocycles. The van der Waals surface area contributed by atoms with Gasteiger partial charge in [0.05, 0.1) is 12.0 Å². The zero-order valence-electron chi connectivity index (χ0n) is 9.69. The molecule has 2 fully saturated rings. The van der Waals surface area contributed by atoms with Crippen LogP contribution in [-0.2, 0) is 16.0 Å². The van der Waals surface area contributed by atoms with Gasteiger partial charge < -0.3 is 4.74 Å². The van der Waals surface area contributed by atoms with Gasteiger partial charge in [-0.15, -0.1) is 0 Å². The monoisotopic (exact) mass is 229 g/mol. The molecule has 0 bridgehead atoms. The van der Waals surface area contributed by atoms with E-state index in [1.54, 1.807) is 6.20 Å². The van der Waals surface area contributed by atoms with Gasteiger partial charge in [-0.3, -0.25) is 9.78 Å². The molecule has 0 aromatic carbocycles. The van der Waals surface area contributed by atoms with Crippen molar-refractivity contribution < 1.29 is 9.53 Å². The highest BCUT2D eigenvalue weighted by molar-refractivity contribution is 5.81. The minimum atomic E-state index is -0.361. The number of nitrogens with zero attached hydrogens (tertiary/aromatic N) is 1. The summed E-state index contributed by atoms with van der Waals surface area (Å²) in [5, 5.41) is 0. The third-order valence-corrected chi connectivity index (χ3v) is 3.95. The van der Waals surface area contributed by atoms with E-state index in [9.17, 15) is 4.79 Å². The number of fused-ring (bicyclic) bond motifs is 1. The summed E-state index contributed by atoms with van der Waals surface area (Å²) >= 11 is 0. The lowest BCUT2D eigenvalue weighted by Gasteiger charge is -2.23. The first kappa shape index (κ1) is 10.5. The predicted octanol–water partition coefficient (Wildman–Crippen LogP) is 2.13. The van der Waals surface area contributed by atoms with E-state index < -0.39 is 0 Å². The highest BCUT2D eigenvalue weighted by atomic mass is 16.5. The zero-order valence-corrected chi connectivity index (χ0v) is 9.69. The second-order valence-corrected chi connectivity index (χ2v) is 5.12. The van der Waals surface area contributed by atoms with E-state index in [0.29, 0.717) is 12.5 Å². The summed E-state index contributed by atoms with van der Waals surface area (Å²) in [4.78, 5) is 16.2. The average Bonchev–Trinajstić information content (AvgIpc) is 2.77. The molecule has 2 atom stereocenters. The Morgan fingerprint density at radius 2 is 2.47 bits per heavy atom. The van der Waals surface area contributed by atoms with Crippen LogP contribution in [0.3, 0.4) is 0 Å². The van der Waals surface area contributed by atoms with Gasteiger partial charge in [-0.25, -0.2) is 0 Å². The van der Waals surface area contributed by atoms with Crippen LogP contribution in [-0.4, -0.2) is 17.6 Å². The maximum absolute atomic E-state index is 12.0. The molecule has 0 radical (unpaired) electrons. The molecule has 3 heteroatoms. The SMILES string of the molecule is C=C1CC2COC(=O)C2(Cc2cccnc2)C1. The second-order valence-electron chi connectivity index (χ2n) is 5.12. The Bertz CT molecular complexity index is 468. The fourth-order valence-corrected chi connectivity index (χ4v) is 3.13. The van der Waals surface area contributed by atoms with Crippen LogP contribution in [0.15, 0.2) is 36.7 Å². The molecule has 2 aliphatic rings. The van der Waals surface area contributed by atoms with Crippen LogP contribution in [0, 0.1) is 11.3 Å². The number of ether oxygens (including phenoxy) is 1. The summed E-state index contributed by atoms with van der Waals surface area (Å²) in [6.45, 7) is 4.59. The highest BCUT2D eigenvalue weighted by Gasteiger charge is 2.55. The number of carbonyl (C=O) groups is 1. The van der Waals surface area contributed by atoms with Crippen molar-refractivity contribution in [1.29, 1.82) is 0 Å². The molecule has 1 saturated carbocycles. The van der Waals surface area contributed by atoms with Crippen molar-refractivity contribution in [3.8, 4) is 0 Å². The number of esters is 1. The first-order valence-electron chi connectivity index (χ1n) is 5.93. The molecule has 3 nitrogen and oxygen atoms in total. The lowest BCUT2D eigenvalue weighted by Crippen LogP contribution is -2.31. The molecule has 1 aromatic rings. The van der Waals surface area contributed by atoms with Crippen LogP contribution < -0.4 is 0 Å². The molecule has 88 valence electrons. The minimum absolute atomic E-state index is 0.0509. The summed E-state index contributed by atoms with van der Waals surface area (Å²) in [5.41, 5.74) is 1.92. The summed E-state index contributed by atoms with van der Waals surface area (Å²) in [5.74, 6) is 0.257. The van der Waals surface area contributed by atoms with E-state index in [1.165, 1.54) is 5.57 Å². The molecule has 0 N–H and O–H groups in total. The number of allylic oxidation sites excluding steroid dienone is 1. The molecule has 17 heavy (non-hydrogen) atoms. The summed E-state index contributed by atoms with van der Waals surface area (Å²) in [7, 11) is 0. The number of carbonyl (C=O) groups excluding carboxylic acids is 1. The lowest BCUT2D eigenvalue weighted by atomic mass is 9.75. The van der Waals surface area contributed by atoms with E-state index in [1.807, 2.05) is 18.3 Å². The van der Waals surface area contributed by atoms with Gasteiger partial charge in [0.2, 0.25) is 0 Å². The highest BCUT2D eigenvalue weighted by Crippen LogP contribution is 2.52. The maximum Gasteiger partial charge on any atom is 0.313 e. The normalized spacial score (nSPS) is 31.4. The number of rotatable bonds is 2. The van der Waals surface area contributed by atoms with Crippen LogP contribution in [0.5, 0.6) is 0 Å². The molecule has 3 rings (SSSR count). The molecule has 0 amide bonds. The van der Waals surface area contributed by atoms with E-state index in [4.69, 9.17) is 4.74 Å². The third-order valence-electron chi connectivity index (χ3n) is 3.95. The number of pyridine rings is 1. The largest absolute Gasteiger partial charge is 0.465 e. The summed E-state index contributed by atoms with van der Waals surface area (Å²) in [6.07, 6.45) is 6.00. The second kappa shape index (κ2) is 3.69. The average molecular weight is 229 g/mol. The number of hydrogen-bond donors (Lipinski definition) is 0. The fraction of sp³-hybridized carbons (Fsp3) is 0.429. The van der Waals surface area contributed by atoms with Gasteiger partial charge in [-0.2, -0.15) is 0 Å². The van der Waals surface area contributed by atoms with Gasteiger partial charge in [0.1, 0.15) is 0 Å². The fourth-order valence-electron chi connectivity index (χ4n) is 3.13. The standard InChI is InChI=1S/C14H15NO2/c1-10-5-12-9-17-13(16)14(12,6-10)7-11-3-2-4-15-8-11/h2-4,8,12H,1,5-7,9H2. The van der Waals surface area contributed by atoms with Gasteiger partial charge in [-0.05, 0) is 30.9 Å². The van der Waals surface area contributed by atoms with E-state index in [2.05, 4.69) is 11.6 Å². The number of hydrogen-bond acceptors (Lipinski definition) is 3. The summed E-state index contributed by atoms with van der Waals surface area (Å²) < 4.78 is 5.24. The maximum atomic E-state index is 12.0. The van der Waals surface area contributed by atoms with Gasteiger partial charge in [0, 0.05) is 18.3 Å².